The van der Waals surface area contributed by atoms with Crippen LogP contribution in [0.2, 0.25) is 5.02 Å². The zero-order valence-electron chi connectivity index (χ0n) is 15.3. The summed E-state index contributed by atoms with van der Waals surface area (Å²) in [5.41, 5.74) is 0.544. The molecule has 0 radical (unpaired) electrons. The van der Waals surface area contributed by atoms with E-state index in [1.54, 1.807) is 17.0 Å². The van der Waals surface area contributed by atoms with Gasteiger partial charge in [-0.05, 0) is 31.0 Å². The third-order valence-electron chi connectivity index (χ3n) is 4.58. The molecule has 1 aliphatic rings. The van der Waals surface area contributed by atoms with E-state index in [2.05, 4.69) is 5.32 Å². The van der Waals surface area contributed by atoms with Crippen LogP contribution < -0.4 is 21.5 Å². The minimum atomic E-state index is -0.575. The highest BCUT2D eigenvalue weighted by molar-refractivity contribution is 6.30. The van der Waals surface area contributed by atoms with E-state index in [1.165, 1.54) is 16.2 Å². The largest absolute Gasteiger partial charge is 0.396 e. The molecule has 0 saturated heterocycles. The number of aromatic nitrogens is 2. The van der Waals surface area contributed by atoms with Gasteiger partial charge in [0, 0.05) is 38.4 Å². The van der Waals surface area contributed by atoms with Crippen molar-refractivity contribution >= 4 is 23.1 Å². The number of aliphatic hydroxyl groups is 1. The Bertz CT molecular complexity index is 923. The number of hydrogen-bond acceptors (Lipinski definition) is 6. The third-order valence-corrected chi connectivity index (χ3v) is 4.83. The number of hydrogen-bond donors (Lipinski definition) is 2. The van der Waals surface area contributed by atoms with E-state index in [4.69, 9.17) is 21.4 Å². The summed E-state index contributed by atoms with van der Waals surface area (Å²) in [6, 6.07) is 7.34. The maximum absolute atomic E-state index is 13.1. The fraction of sp³-hybridized carbons (Fsp3) is 0.444. The lowest BCUT2D eigenvalue weighted by Gasteiger charge is -2.24. The molecular formula is C18H23ClN4O4. The first-order chi connectivity index (χ1) is 13.0. The monoisotopic (exact) mass is 394 g/mol. The molecule has 1 aromatic carbocycles. The number of methoxy groups -OCH3 is 1. The van der Waals surface area contributed by atoms with Crippen molar-refractivity contribution in [3.63, 3.8) is 0 Å². The average molecular weight is 395 g/mol. The van der Waals surface area contributed by atoms with Crippen LogP contribution in [-0.2, 0) is 24.4 Å². The predicted molar refractivity (Wildman–Crippen MR) is 104 cm³/mol. The van der Waals surface area contributed by atoms with Gasteiger partial charge >= 0.3 is 5.69 Å². The molecule has 0 saturated carbocycles. The van der Waals surface area contributed by atoms with Crippen molar-refractivity contribution in [1.29, 1.82) is 0 Å². The van der Waals surface area contributed by atoms with Crippen LogP contribution >= 0.6 is 11.6 Å². The summed E-state index contributed by atoms with van der Waals surface area (Å²) in [5.74, 6) is 0.452. The van der Waals surface area contributed by atoms with E-state index in [9.17, 15) is 9.59 Å². The van der Waals surface area contributed by atoms with E-state index in [0.29, 0.717) is 36.0 Å². The second kappa shape index (κ2) is 8.16. The van der Waals surface area contributed by atoms with Crippen LogP contribution in [0.1, 0.15) is 18.9 Å². The second-order valence-corrected chi connectivity index (χ2v) is 6.68. The molecule has 0 fully saturated rings. The first-order valence-electron chi connectivity index (χ1n) is 8.80. The van der Waals surface area contributed by atoms with Crippen LogP contribution in [-0.4, -0.2) is 34.3 Å². The van der Waals surface area contributed by atoms with E-state index >= 15 is 0 Å². The zero-order chi connectivity index (χ0) is 19.6. The van der Waals surface area contributed by atoms with Gasteiger partial charge in [0.1, 0.15) is 11.5 Å². The molecule has 1 aliphatic heterocycles. The highest BCUT2D eigenvalue weighted by Gasteiger charge is 2.35. The summed E-state index contributed by atoms with van der Waals surface area (Å²) >= 11 is 5.95. The molecule has 8 nitrogen and oxygen atoms in total. The van der Waals surface area contributed by atoms with Crippen molar-refractivity contribution < 1.29 is 9.84 Å². The SMILES string of the molecule is CCn1c2c(c(=O)n(CCCO)c1=O)N(Cc1ccc(Cl)cc1)C(OC)N2. The summed E-state index contributed by atoms with van der Waals surface area (Å²) in [5, 5.41) is 12.9. The molecule has 146 valence electrons. The topological polar surface area (TPSA) is 88.7 Å². The number of nitrogens with one attached hydrogen (secondary N) is 1. The van der Waals surface area contributed by atoms with Crippen LogP contribution in [0.5, 0.6) is 0 Å². The first-order valence-corrected chi connectivity index (χ1v) is 9.18. The number of rotatable bonds is 7. The van der Waals surface area contributed by atoms with Crippen molar-refractivity contribution in [2.24, 2.45) is 0 Å². The van der Waals surface area contributed by atoms with Crippen molar-refractivity contribution in [1.82, 2.24) is 9.13 Å². The van der Waals surface area contributed by atoms with Gasteiger partial charge in [-0.15, -0.1) is 0 Å². The van der Waals surface area contributed by atoms with Crippen molar-refractivity contribution in [3.05, 3.63) is 55.7 Å². The number of benzene rings is 1. The fourth-order valence-electron chi connectivity index (χ4n) is 3.26. The Labute approximate surface area is 161 Å². The first kappa shape index (κ1) is 19.5. The summed E-state index contributed by atoms with van der Waals surface area (Å²) < 4.78 is 8.19. The maximum Gasteiger partial charge on any atom is 0.332 e. The Balaban J connectivity index is 2.11. The molecule has 0 spiro atoms. The molecule has 0 bridgehead atoms. The summed E-state index contributed by atoms with van der Waals surface area (Å²) in [6.07, 6.45) is -0.245. The number of anilines is 2. The Morgan fingerprint density at radius 1 is 1.22 bits per heavy atom. The maximum atomic E-state index is 13.1. The lowest BCUT2D eigenvalue weighted by molar-refractivity contribution is 0.125. The molecule has 2 aromatic rings. The van der Waals surface area contributed by atoms with Crippen molar-refractivity contribution in [2.45, 2.75) is 39.3 Å². The molecule has 2 heterocycles. The standard InChI is InChI=1S/C18H23ClN4O4/c1-3-21-15-14(16(25)22(18(21)26)9-4-10-24)23(17(20-15)27-2)11-12-5-7-13(19)8-6-12/h5-8,17,20,24H,3-4,9-11H2,1-2H3. The molecule has 0 amide bonds. The van der Waals surface area contributed by atoms with Gasteiger partial charge < -0.3 is 20.1 Å². The molecule has 3 rings (SSSR count). The van der Waals surface area contributed by atoms with Gasteiger partial charge in [-0.3, -0.25) is 13.9 Å². The fourth-order valence-corrected chi connectivity index (χ4v) is 3.38. The minimum Gasteiger partial charge on any atom is -0.396 e. The number of fused-ring (bicyclic) bond motifs is 1. The lowest BCUT2D eigenvalue weighted by Crippen LogP contribution is -2.42. The van der Waals surface area contributed by atoms with Gasteiger partial charge in [-0.2, -0.15) is 0 Å². The Hall–Kier alpha value is -2.29. The van der Waals surface area contributed by atoms with E-state index in [1.807, 2.05) is 19.1 Å². The Kier molecular flexibility index (Phi) is 5.88. The van der Waals surface area contributed by atoms with Crippen LogP contribution in [0.25, 0.3) is 0 Å². The summed E-state index contributed by atoms with van der Waals surface area (Å²) in [4.78, 5) is 27.6. The summed E-state index contributed by atoms with van der Waals surface area (Å²) in [7, 11) is 1.54. The van der Waals surface area contributed by atoms with E-state index < -0.39 is 17.6 Å². The molecule has 2 N–H and O–H groups in total. The zero-order valence-corrected chi connectivity index (χ0v) is 16.1. The highest BCUT2D eigenvalue weighted by atomic mass is 35.5. The smallest absolute Gasteiger partial charge is 0.332 e. The molecule has 0 aliphatic carbocycles. The van der Waals surface area contributed by atoms with Gasteiger partial charge in [-0.25, -0.2) is 4.79 Å². The normalized spacial score (nSPS) is 15.7. The average Bonchev–Trinajstić information content (AvgIpc) is 3.02. The molecule has 1 unspecified atom stereocenters. The predicted octanol–water partition coefficient (Wildman–Crippen LogP) is 1.43. The molecule has 9 heteroatoms. The second-order valence-electron chi connectivity index (χ2n) is 6.24. The third kappa shape index (κ3) is 3.60. The quantitative estimate of drug-likeness (QED) is 0.738. The number of aliphatic hydroxyl groups excluding tert-OH is 1. The van der Waals surface area contributed by atoms with Gasteiger partial charge in [-0.1, -0.05) is 23.7 Å². The Morgan fingerprint density at radius 3 is 2.52 bits per heavy atom. The van der Waals surface area contributed by atoms with Crippen LogP contribution in [0.3, 0.4) is 0 Å². The number of nitrogens with zero attached hydrogens (tertiary/aromatic N) is 3. The molecule has 1 atom stereocenters. The van der Waals surface area contributed by atoms with Crippen LogP contribution in [0, 0.1) is 0 Å². The van der Waals surface area contributed by atoms with Gasteiger partial charge in [0.2, 0.25) is 6.35 Å². The molecule has 27 heavy (non-hydrogen) atoms. The van der Waals surface area contributed by atoms with Crippen molar-refractivity contribution in [3.8, 4) is 0 Å². The van der Waals surface area contributed by atoms with Crippen LogP contribution in [0.4, 0.5) is 11.5 Å². The lowest BCUT2D eigenvalue weighted by atomic mass is 10.2. The minimum absolute atomic E-state index is 0.0947. The highest BCUT2D eigenvalue weighted by Crippen LogP contribution is 2.32. The Morgan fingerprint density at radius 2 is 1.93 bits per heavy atom. The van der Waals surface area contributed by atoms with Crippen molar-refractivity contribution in [2.75, 3.05) is 23.9 Å². The number of halogens is 1. The molecule has 1 aromatic heterocycles. The van der Waals surface area contributed by atoms with E-state index in [-0.39, 0.29) is 13.2 Å². The van der Waals surface area contributed by atoms with E-state index in [0.717, 1.165) is 5.56 Å². The van der Waals surface area contributed by atoms with Crippen LogP contribution in [0.15, 0.2) is 33.9 Å². The molecular weight excluding hydrogens is 372 g/mol. The summed E-state index contributed by atoms with van der Waals surface area (Å²) in [6.45, 7) is 2.72. The number of ether oxygens (including phenoxy) is 1. The van der Waals surface area contributed by atoms with Gasteiger partial charge in [0.25, 0.3) is 5.56 Å². The van der Waals surface area contributed by atoms with Gasteiger partial charge in [0.05, 0.1) is 0 Å². The van der Waals surface area contributed by atoms with Gasteiger partial charge in [0.15, 0.2) is 0 Å².